The van der Waals surface area contributed by atoms with E-state index in [1.54, 1.807) is 4.90 Å². The molecule has 1 aromatic heterocycles. The first kappa shape index (κ1) is 13.2. The van der Waals surface area contributed by atoms with Crippen LogP contribution in [0, 0.1) is 21.4 Å². The number of pyridine rings is 1. The first-order chi connectivity index (χ1) is 9.15. The number of hydrogen-bond donors (Lipinski definition) is 1. The van der Waals surface area contributed by atoms with Crippen LogP contribution >= 0.6 is 0 Å². The van der Waals surface area contributed by atoms with Gasteiger partial charge in [-0.2, -0.15) is 5.26 Å². The average Bonchev–Trinajstić information content (AvgIpc) is 2.46. The summed E-state index contributed by atoms with van der Waals surface area (Å²) in [5.74, 6) is 0.255. The van der Waals surface area contributed by atoms with Gasteiger partial charge in [-0.15, -0.1) is 0 Å². The number of aromatic nitrogens is 1. The van der Waals surface area contributed by atoms with Crippen molar-refractivity contribution in [1.82, 2.24) is 4.98 Å². The highest BCUT2D eigenvalue weighted by atomic mass is 16.6. The predicted octanol–water partition coefficient (Wildman–Crippen LogP) is 0.0254. The van der Waals surface area contributed by atoms with Crippen molar-refractivity contribution in [2.24, 2.45) is 5.73 Å². The minimum Gasteiger partial charge on any atom is -0.373 e. The topological polar surface area (TPSA) is 118 Å². The molecule has 2 N–H and O–H groups in total. The number of nitro groups is 1. The third-order valence-corrected chi connectivity index (χ3v) is 2.87. The molecule has 8 heteroatoms. The summed E-state index contributed by atoms with van der Waals surface area (Å²) in [5, 5.41) is 19.8. The molecule has 0 aromatic carbocycles. The van der Waals surface area contributed by atoms with Gasteiger partial charge in [0.2, 0.25) is 5.82 Å². The summed E-state index contributed by atoms with van der Waals surface area (Å²) in [7, 11) is 0. The van der Waals surface area contributed by atoms with E-state index in [4.69, 9.17) is 15.7 Å². The normalized spacial score (nSPS) is 18.9. The Kier molecular flexibility index (Phi) is 3.89. The van der Waals surface area contributed by atoms with Gasteiger partial charge in [0.25, 0.3) is 0 Å². The van der Waals surface area contributed by atoms with Crippen molar-refractivity contribution in [2.75, 3.05) is 31.1 Å². The Labute approximate surface area is 109 Å². The second-order valence-electron chi connectivity index (χ2n) is 4.11. The number of morpholine rings is 1. The van der Waals surface area contributed by atoms with E-state index in [0.29, 0.717) is 26.2 Å². The largest absolute Gasteiger partial charge is 0.373 e. The standard InChI is InChI=1S/C11H13N5O3/c12-4-8-3-10(16(17)18)11(14-6-8)15-1-2-19-9(5-13)7-15/h3,6,9H,1-2,5,7,13H2. The van der Waals surface area contributed by atoms with Crippen LogP contribution in [0.1, 0.15) is 5.56 Å². The van der Waals surface area contributed by atoms with Crippen LogP contribution in [0.2, 0.25) is 0 Å². The second kappa shape index (κ2) is 5.60. The molecular formula is C11H13N5O3. The van der Waals surface area contributed by atoms with E-state index >= 15 is 0 Å². The molecule has 19 heavy (non-hydrogen) atoms. The summed E-state index contributed by atoms with van der Waals surface area (Å²) in [6.07, 6.45) is 1.17. The van der Waals surface area contributed by atoms with Gasteiger partial charge in [0.15, 0.2) is 0 Å². The van der Waals surface area contributed by atoms with Crippen molar-refractivity contribution in [3.63, 3.8) is 0 Å². The first-order valence-electron chi connectivity index (χ1n) is 5.77. The number of nitriles is 1. The number of nitrogens with two attached hydrogens (primary N) is 1. The highest BCUT2D eigenvalue weighted by Crippen LogP contribution is 2.27. The molecule has 1 saturated heterocycles. The fourth-order valence-electron chi connectivity index (χ4n) is 1.94. The van der Waals surface area contributed by atoms with Gasteiger partial charge in [0.05, 0.1) is 23.2 Å². The quantitative estimate of drug-likeness (QED) is 0.603. The van der Waals surface area contributed by atoms with E-state index in [1.807, 2.05) is 6.07 Å². The fourth-order valence-corrected chi connectivity index (χ4v) is 1.94. The molecule has 0 aliphatic carbocycles. The highest BCUT2D eigenvalue weighted by molar-refractivity contribution is 5.60. The summed E-state index contributed by atoms with van der Waals surface area (Å²) in [6, 6.07) is 3.07. The lowest BCUT2D eigenvalue weighted by Crippen LogP contribution is -2.46. The predicted molar refractivity (Wildman–Crippen MR) is 66.6 cm³/mol. The Morgan fingerprint density at radius 1 is 1.74 bits per heavy atom. The highest BCUT2D eigenvalue weighted by Gasteiger charge is 2.27. The van der Waals surface area contributed by atoms with Gasteiger partial charge in [-0.25, -0.2) is 4.98 Å². The van der Waals surface area contributed by atoms with E-state index in [0.717, 1.165) is 0 Å². The zero-order valence-corrected chi connectivity index (χ0v) is 10.2. The minimum absolute atomic E-state index is 0.161. The molecule has 0 bridgehead atoms. The lowest BCUT2D eigenvalue weighted by Gasteiger charge is -2.32. The van der Waals surface area contributed by atoms with Crippen molar-refractivity contribution in [3.05, 3.63) is 27.9 Å². The van der Waals surface area contributed by atoms with Crippen LogP contribution in [0.15, 0.2) is 12.3 Å². The van der Waals surface area contributed by atoms with Gasteiger partial charge in [-0.05, 0) is 0 Å². The van der Waals surface area contributed by atoms with E-state index in [9.17, 15) is 10.1 Å². The van der Waals surface area contributed by atoms with Crippen LogP contribution < -0.4 is 10.6 Å². The number of nitrogens with zero attached hydrogens (tertiary/aromatic N) is 4. The Hall–Kier alpha value is -2.24. The number of ether oxygens (including phenoxy) is 1. The number of rotatable bonds is 3. The van der Waals surface area contributed by atoms with Gasteiger partial charge < -0.3 is 15.4 Å². The lowest BCUT2D eigenvalue weighted by atomic mass is 10.2. The van der Waals surface area contributed by atoms with Crippen LogP contribution in [-0.4, -0.2) is 42.3 Å². The van der Waals surface area contributed by atoms with Crippen LogP contribution in [0.3, 0.4) is 0 Å². The molecule has 1 atom stereocenters. The third-order valence-electron chi connectivity index (χ3n) is 2.87. The third kappa shape index (κ3) is 2.78. The number of hydrogen-bond acceptors (Lipinski definition) is 7. The van der Waals surface area contributed by atoms with Crippen molar-refractivity contribution in [1.29, 1.82) is 5.26 Å². The molecule has 1 fully saturated rings. The molecule has 0 spiro atoms. The summed E-state index contributed by atoms with van der Waals surface area (Å²) >= 11 is 0. The molecular weight excluding hydrogens is 250 g/mol. The number of anilines is 1. The summed E-state index contributed by atoms with van der Waals surface area (Å²) < 4.78 is 5.41. The van der Waals surface area contributed by atoms with Crippen molar-refractivity contribution in [2.45, 2.75) is 6.10 Å². The summed E-state index contributed by atoms with van der Waals surface area (Å²) in [6.45, 7) is 1.76. The van der Waals surface area contributed by atoms with E-state index in [1.165, 1.54) is 12.3 Å². The Morgan fingerprint density at radius 3 is 3.16 bits per heavy atom. The molecule has 2 heterocycles. The Morgan fingerprint density at radius 2 is 2.53 bits per heavy atom. The van der Waals surface area contributed by atoms with Gasteiger partial charge >= 0.3 is 5.69 Å². The zero-order chi connectivity index (χ0) is 13.8. The van der Waals surface area contributed by atoms with Crippen LogP contribution in [-0.2, 0) is 4.74 Å². The molecule has 1 unspecified atom stereocenters. The fraction of sp³-hybridized carbons (Fsp3) is 0.455. The maximum Gasteiger partial charge on any atom is 0.312 e. The monoisotopic (exact) mass is 263 g/mol. The smallest absolute Gasteiger partial charge is 0.312 e. The molecule has 0 radical (unpaired) electrons. The molecule has 0 saturated carbocycles. The van der Waals surface area contributed by atoms with Crippen LogP contribution in [0.4, 0.5) is 11.5 Å². The van der Waals surface area contributed by atoms with Crippen molar-refractivity contribution in [3.8, 4) is 6.07 Å². The van der Waals surface area contributed by atoms with Gasteiger partial charge in [-0.1, -0.05) is 0 Å². The van der Waals surface area contributed by atoms with Gasteiger partial charge in [0, 0.05) is 31.9 Å². The molecule has 2 rings (SSSR count). The van der Waals surface area contributed by atoms with Crippen molar-refractivity contribution < 1.29 is 9.66 Å². The summed E-state index contributed by atoms with van der Waals surface area (Å²) in [5.41, 5.74) is 5.53. The molecule has 8 nitrogen and oxygen atoms in total. The van der Waals surface area contributed by atoms with E-state index in [-0.39, 0.29) is 23.2 Å². The molecule has 100 valence electrons. The van der Waals surface area contributed by atoms with Crippen LogP contribution in [0.5, 0.6) is 0 Å². The Balaban J connectivity index is 2.33. The zero-order valence-electron chi connectivity index (χ0n) is 10.2. The maximum atomic E-state index is 11.1. The Bertz CT molecular complexity index is 528. The van der Waals surface area contributed by atoms with Crippen molar-refractivity contribution >= 4 is 11.5 Å². The molecule has 1 aliphatic rings. The maximum absolute atomic E-state index is 11.1. The SMILES string of the molecule is N#Cc1cnc(N2CCOC(CN)C2)c([N+](=O)[O-])c1. The van der Waals surface area contributed by atoms with E-state index < -0.39 is 4.92 Å². The lowest BCUT2D eigenvalue weighted by molar-refractivity contribution is -0.384. The van der Waals surface area contributed by atoms with Gasteiger partial charge in [0.1, 0.15) is 6.07 Å². The molecule has 1 aromatic rings. The minimum atomic E-state index is -0.532. The summed E-state index contributed by atoms with van der Waals surface area (Å²) in [4.78, 5) is 16.3. The molecule has 0 amide bonds. The second-order valence-corrected chi connectivity index (χ2v) is 4.11. The van der Waals surface area contributed by atoms with E-state index in [2.05, 4.69) is 4.98 Å². The van der Waals surface area contributed by atoms with Crippen LogP contribution in [0.25, 0.3) is 0 Å². The van der Waals surface area contributed by atoms with Gasteiger partial charge in [-0.3, -0.25) is 10.1 Å². The first-order valence-corrected chi connectivity index (χ1v) is 5.77. The average molecular weight is 263 g/mol. The molecule has 1 aliphatic heterocycles.